The molecule has 2 N–H and O–H groups in total. The minimum absolute atomic E-state index is 0.0894. The second kappa shape index (κ2) is 6.79. The van der Waals surface area contributed by atoms with Crippen molar-refractivity contribution in [2.75, 3.05) is 13.2 Å². The highest BCUT2D eigenvalue weighted by Gasteiger charge is 2.19. The summed E-state index contributed by atoms with van der Waals surface area (Å²) in [7, 11) is 0. The fourth-order valence-electron chi connectivity index (χ4n) is 1.12. The van der Waals surface area contributed by atoms with Gasteiger partial charge < -0.3 is 15.2 Å². The number of aliphatic carboxylic acids is 1. The predicted molar refractivity (Wildman–Crippen MR) is 55.4 cm³/mol. The zero-order valence-corrected chi connectivity index (χ0v) is 9.41. The first-order valence-corrected chi connectivity index (χ1v) is 5.03. The molecule has 0 aromatic heterocycles. The van der Waals surface area contributed by atoms with Crippen molar-refractivity contribution in [3.63, 3.8) is 0 Å². The van der Waals surface area contributed by atoms with Gasteiger partial charge in [0.2, 0.25) is 0 Å². The number of hydrogen-bond donors (Lipinski definition) is 2. The normalized spacial score (nSPS) is 13.6. The molecule has 0 radical (unpaired) electrons. The molecule has 0 aliphatic rings. The molecule has 0 amide bonds. The number of carbonyl (C=O) groups is 1. The van der Waals surface area contributed by atoms with Gasteiger partial charge in [-0.2, -0.15) is 0 Å². The predicted octanol–water partition coefficient (Wildman–Crippen LogP) is 1.11. The quantitative estimate of drug-likeness (QED) is 0.609. The Hall–Kier alpha value is -0.610. The third-order valence-electron chi connectivity index (χ3n) is 1.85. The summed E-state index contributed by atoms with van der Waals surface area (Å²) in [6.45, 7) is 8.81. The van der Waals surface area contributed by atoms with E-state index in [1.54, 1.807) is 0 Å². The second-order valence-electron chi connectivity index (χ2n) is 3.93. The molecule has 0 spiro atoms. The Morgan fingerprint density at radius 3 is 2.29 bits per heavy atom. The third-order valence-corrected chi connectivity index (χ3v) is 1.85. The lowest BCUT2D eigenvalue weighted by Gasteiger charge is -2.18. The van der Waals surface area contributed by atoms with Gasteiger partial charge in [0, 0.05) is 6.54 Å². The van der Waals surface area contributed by atoms with E-state index >= 15 is 0 Å². The van der Waals surface area contributed by atoms with Crippen LogP contribution in [-0.2, 0) is 9.53 Å². The van der Waals surface area contributed by atoms with Gasteiger partial charge in [-0.05, 0) is 19.8 Å². The summed E-state index contributed by atoms with van der Waals surface area (Å²) in [6, 6.07) is -0.481. The lowest BCUT2D eigenvalue weighted by Crippen LogP contribution is -2.42. The van der Waals surface area contributed by atoms with Crippen molar-refractivity contribution < 1.29 is 14.6 Å². The van der Waals surface area contributed by atoms with Crippen molar-refractivity contribution >= 4 is 5.97 Å². The molecule has 4 nitrogen and oxygen atoms in total. The smallest absolute Gasteiger partial charge is 0.320 e. The molecule has 0 bridgehead atoms. The summed E-state index contributed by atoms with van der Waals surface area (Å²) in [5.74, 6) is -0.712. The first-order chi connectivity index (χ1) is 6.45. The van der Waals surface area contributed by atoms with Crippen LogP contribution in [0.1, 0.15) is 27.7 Å². The van der Waals surface area contributed by atoms with Crippen LogP contribution in [0.4, 0.5) is 0 Å². The maximum Gasteiger partial charge on any atom is 0.320 e. The Labute approximate surface area is 85.6 Å². The Kier molecular flexibility index (Phi) is 6.49. The molecule has 0 aliphatic carbocycles. The highest BCUT2D eigenvalue weighted by Crippen LogP contribution is 2.00. The first kappa shape index (κ1) is 13.4. The topological polar surface area (TPSA) is 58.6 Å². The average Bonchev–Trinajstić information content (AvgIpc) is 2.01. The maximum atomic E-state index is 10.8. The number of rotatable bonds is 7. The molecule has 0 aromatic rings. The summed E-state index contributed by atoms with van der Waals surface area (Å²) < 4.78 is 5.30. The minimum Gasteiger partial charge on any atom is -0.480 e. The van der Waals surface area contributed by atoms with Crippen LogP contribution in [-0.4, -0.2) is 36.4 Å². The fraction of sp³-hybridized carbons (Fsp3) is 0.900. The van der Waals surface area contributed by atoms with Crippen molar-refractivity contribution in [3.05, 3.63) is 0 Å². The van der Waals surface area contributed by atoms with Crippen molar-refractivity contribution in [2.45, 2.75) is 39.8 Å². The second-order valence-corrected chi connectivity index (χ2v) is 3.93. The summed E-state index contributed by atoms with van der Waals surface area (Å²) in [6.07, 6.45) is 0.194. The van der Waals surface area contributed by atoms with Gasteiger partial charge in [-0.3, -0.25) is 4.79 Å². The molecular weight excluding hydrogens is 182 g/mol. The van der Waals surface area contributed by atoms with Gasteiger partial charge in [-0.15, -0.1) is 0 Å². The average molecular weight is 203 g/mol. The number of carboxylic acids is 1. The van der Waals surface area contributed by atoms with Gasteiger partial charge in [0.25, 0.3) is 0 Å². The van der Waals surface area contributed by atoms with Crippen LogP contribution in [0.25, 0.3) is 0 Å². The number of ether oxygens (including phenoxy) is 1. The van der Waals surface area contributed by atoms with Gasteiger partial charge in [-0.1, -0.05) is 13.8 Å². The zero-order valence-electron chi connectivity index (χ0n) is 9.41. The zero-order chi connectivity index (χ0) is 11.1. The van der Waals surface area contributed by atoms with Crippen molar-refractivity contribution in [1.82, 2.24) is 5.32 Å². The van der Waals surface area contributed by atoms with Gasteiger partial charge in [-0.25, -0.2) is 0 Å². The van der Waals surface area contributed by atoms with Crippen LogP contribution in [0.3, 0.4) is 0 Å². The van der Waals surface area contributed by atoms with Crippen LogP contribution in [0, 0.1) is 5.92 Å². The van der Waals surface area contributed by atoms with Crippen molar-refractivity contribution in [3.8, 4) is 0 Å². The van der Waals surface area contributed by atoms with E-state index in [2.05, 4.69) is 5.32 Å². The summed E-state index contributed by atoms with van der Waals surface area (Å²) in [4.78, 5) is 10.8. The summed E-state index contributed by atoms with van der Waals surface area (Å²) in [5, 5.41) is 11.8. The van der Waals surface area contributed by atoms with Crippen molar-refractivity contribution in [2.24, 2.45) is 5.92 Å². The molecule has 0 aromatic carbocycles. The molecule has 0 aliphatic heterocycles. The molecule has 4 heteroatoms. The van der Waals surface area contributed by atoms with Crippen LogP contribution >= 0.6 is 0 Å². The molecule has 0 rings (SSSR count). The molecule has 0 saturated heterocycles. The van der Waals surface area contributed by atoms with Gasteiger partial charge >= 0.3 is 5.97 Å². The molecule has 1 atom stereocenters. The lowest BCUT2D eigenvalue weighted by molar-refractivity contribution is -0.140. The third kappa shape index (κ3) is 5.94. The Balaban J connectivity index is 3.67. The minimum atomic E-state index is -0.801. The van der Waals surface area contributed by atoms with Gasteiger partial charge in [0.1, 0.15) is 6.04 Å². The van der Waals surface area contributed by atoms with Gasteiger partial charge in [0.15, 0.2) is 0 Å². The molecule has 84 valence electrons. The van der Waals surface area contributed by atoms with Crippen LogP contribution in [0.15, 0.2) is 0 Å². The molecular formula is C10H21NO3. The standard InChI is InChI=1S/C10H21NO3/c1-7(2)9(10(12)13)11-5-6-14-8(3)4/h7-9,11H,5-6H2,1-4H3,(H,12,13). The van der Waals surface area contributed by atoms with E-state index in [0.717, 1.165) is 0 Å². The van der Waals surface area contributed by atoms with Gasteiger partial charge in [0.05, 0.1) is 12.7 Å². The Morgan fingerprint density at radius 1 is 1.36 bits per heavy atom. The van der Waals surface area contributed by atoms with Crippen molar-refractivity contribution in [1.29, 1.82) is 0 Å². The van der Waals surface area contributed by atoms with E-state index < -0.39 is 12.0 Å². The largest absolute Gasteiger partial charge is 0.480 e. The van der Waals surface area contributed by atoms with E-state index in [0.29, 0.717) is 13.2 Å². The molecule has 0 fully saturated rings. The van der Waals surface area contributed by atoms with E-state index in [4.69, 9.17) is 9.84 Å². The molecule has 0 saturated carbocycles. The maximum absolute atomic E-state index is 10.8. The van der Waals surface area contributed by atoms with Crippen LogP contribution in [0.5, 0.6) is 0 Å². The summed E-state index contributed by atoms with van der Waals surface area (Å²) in [5.41, 5.74) is 0. The van der Waals surface area contributed by atoms with E-state index in [9.17, 15) is 4.79 Å². The molecule has 0 heterocycles. The molecule has 1 unspecified atom stereocenters. The first-order valence-electron chi connectivity index (χ1n) is 5.03. The highest BCUT2D eigenvalue weighted by molar-refractivity contribution is 5.73. The monoisotopic (exact) mass is 203 g/mol. The number of hydrogen-bond acceptors (Lipinski definition) is 3. The Bertz CT molecular complexity index is 169. The number of nitrogens with one attached hydrogen (secondary N) is 1. The van der Waals surface area contributed by atoms with Crippen LogP contribution < -0.4 is 5.32 Å². The fourth-order valence-corrected chi connectivity index (χ4v) is 1.12. The van der Waals surface area contributed by atoms with E-state index in [1.807, 2.05) is 27.7 Å². The van der Waals surface area contributed by atoms with E-state index in [-0.39, 0.29) is 12.0 Å². The van der Waals surface area contributed by atoms with E-state index in [1.165, 1.54) is 0 Å². The SMILES string of the molecule is CC(C)OCCNC(C(=O)O)C(C)C. The highest BCUT2D eigenvalue weighted by atomic mass is 16.5. The lowest BCUT2D eigenvalue weighted by atomic mass is 10.1. The summed E-state index contributed by atoms with van der Waals surface area (Å²) >= 11 is 0. The number of carboxylic acid groups (broad SMARTS) is 1. The Morgan fingerprint density at radius 2 is 1.93 bits per heavy atom. The molecule has 14 heavy (non-hydrogen) atoms. The van der Waals surface area contributed by atoms with Crippen LogP contribution in [0.2, 0.25) is 0 Å².